The highest BCUT2D eigenvalue weighted by Gasteiger charge is 2.32. The third-order valence-corrected chi connectivity index (χ3v) is 5.64. The molecular formula is C22H30F3N3O3S. The van der Waals surface area contributed by atoms with E-state index in [-0.39, 0.29) is 16.7 Å². The summed E-state index contributed by atoms with van der Waals surface area (Å²) in [5.74, 6) is -0.854. The monoisotopic (exact) mass is 473 g/mol. The predicted molar refractivity (Wildman–Crippen MR) is 118 cm³/mol. The summed E-state index contributed by atoms with van der Waals surface area (Å²) in [6.07, 6.45) is -2.72. The molecule has 1 aromatic carbocycles. The van der Waals surface area contributed by atoms with Crippen LogP contribution in [0.3, 0.4) is 0 Å². The average Bonchev–Trinajstić information content (AvgIpc) is 3.06. The van der Waals surface area contributed by atoms with Crippen LogP contribution in [0.5, 0.6) is 5.75 Å². The van der Waals surface area contributed by atoms with Crippen molar-refractivity contribution in [2.45, 2.75) is 65.2 Å². The van der Waals surface area contributed by atoms with Crippen LogP contribution in [0.4, 0.5) is 13.2 Å². The maximum absolute atomic E-state index is 13.3. The van der Waals surface area contributed by atoms with Gasteiger partial charge in [0.1, 0.15) is 0 Å². The lowest BCUT2D eigenvalue weighted by molar-refractivity contribution is -0.137. The lowest BCUT2D eigenvalue weighted by atomic mass is 9.95. The number of hydrogen-bond acceptors (Lipinski definition) is 5. The van der Waals surface area contributed by atoms with Crippen molar-refractivity contribution >= 4 is 17.2 Å². The molecule has 6 nitrogen and oxygen atoms in total. The third kappa shape index (κ3) is 7.18. The molecule has 0 saturated carbocycles. The summed E-state index contributed by atoms with van der Waals surface area (Å²) in [5, 5.41) is 0. The van der Waals surface area contributed by atoms with Crippen LogP contribution in [0.15, 0.2) is 29.4 Å². The van der Waals surface area contributed by atoms with E-state index in [0.717, 1.165) is 23.1 Å². The van der Waals surface area contributed by atoms with Crippen molar-refractivity contribution in [3.8, 4) is 5.75 Å². The minimum atomic E-state index is -4.61. The highest BCUT2D eigenvalue weighted by atomic mass is 32.1. The minimum Gasteiger partial charge on any atom is -0.407 e. The SMILES string of the molecule is COCCn1cc(C(C)(C)C)s/c1=N\C(=O)c1cc(C(F)(F)F)ccc1ONC(C)(C)C. The Labute approximate surface area is 190 Å². The zero-order valence-electron chi connectivity index (χ0n) is 19.4. The Hall–Kier alpha value is -2.17. The number of carbonyl (C=O) groups excluding carboxylic acids is 1. The molecule has 0 saturated heterocycles. The number of benzene rings is 1. The molecule has 2 aromatic rings. The fraction of sp³-hybridized carbons (Fsp3) is 0.545. The number of alkyl halides is 3. The predicted octanol–water partition coefficient (Wildman–Crippen LogP) is 4.94. The molecular weight excluding hydrogens is 443 g/mol. The summed E-state index contributed by atoms with van der Waals surface area (Å²) < 4.78 is 46.8. The van der Waals surface area contributed by atoms with Gasteiger partial charge in [-0.05, 0) is 44.4 Å². The Morgan fingerprint density at radius 1 is 1.16 bits per heavy atom. The summed E-state index contributed by atoms with van der Waals surface area (Å²) in [5.41, 5.74) is 0.826. The number of methoxy groups -OCH3 is 1. The van der Waals surface area contributed by atoms with Gasteiger partial charge >= 0.3 is 6.18 Å². The van der Waals surface area contributed by atoms with E-state index in [1.54, 1.807) is 11.7 Å². The molecule has 178 valence electrons. The van der Waals surface area contributed by atoms with Gasteiger partial charge in [0.15, 0.2) is 10.6 Å². The van der Waals surface area contributed by atoms with Crippen LogP contribution in [-0.4, -0.2) is 29.7 Å². The topological polar surface area (TPSA) is 64.9 Å². The van der Waals surface area contributed by atoms with Crippen LogP contribution in [0.2, 0.25) is 0 Å². The van der Waals surface area contributed by atoms with Crippen LogP contribution in [0, 0.1) is 0 Å². The molecule has 10 heteroatoms. The second kappa shape index (κ2) is 9.76. The molecule has 0 aliphatic heterocycles. The van der Waals surface area contributed by atoms with Crippen LogP contribution in [0.25, 0.3) is 0 Å². The fourth-order valence-corrected chi connectivity index (χ4v) is 3.55. The largest absolute Gasteiger partial charge is 0.416 e. The smallest absolute Gasteiger partial charge is 0.407 e. The quantitative estimate of drug-likeness (QED) is 0.604. The maximum Gasteiger partial charge on any atom is 0.416 e. The number of thiazole rings is 1. The van der Waals surface area contributed by atoms with Crippen molar-refractivity contribution in [1.29, 1.82) is 0 Å². The highest BCUT2D eigenvalue weighted by Crippen LogP contribution is 2.33. The number of hydroxylamine groups is 1. The summed E-state index contributed by atoms with van der Waals surface area (Å²) in [6, 6.07) is 2.76. The number of ether oxygens (including phenoxy) is 1. The Morgan fingerprint density at radius 3 is 2.34 bits per heavy atom. The van der Waals surface area contributed by atoms with Gasteiger partial charge in [0.05, 0.1) is 17.7 Å². The molecule has 0 fully saturated rings. The number of rotatable bonds is 6. The van der Waals surface area contributed by atoms with Crippen LogP contribution < -0.4 is 15.1 Å². The number of aromatic nitrogens is 1. The molecule has 0 aliphatic rings. The van der Waals surface area contributed by atoms with E-state index in [9.17, 15) is 18.0 Å². The van der Waals surface area contributed by atoms with E-state index in [4.69, 9.17) is 9.57 Å². The van der Waals surface area contributed by atoms with E-state index >= 15 is 0 Å². The average molecular weight is 474 g/mol. The number of carbonyl (C=O) groups is 1. The lowest BCUT2D eigenvalue weighted by Crippen LogP contribution is -2.38. The zero-order valence-corrected chi connectivity index (χ0v) is 20.2. The van der Waals surface area contributed by atoms with E-state index in [0.29, 0.717) is 18.0 Å². The van der Waals surface area contributed by atoms with E-state index < -0.39 is 23.2 Å². The fourth-order valence-electron chi connectivity index (χ4n) is 2.48. The summed E-state index contributed by atoms with van der Waals surface area (Å²) >= 11 is 1.31. The second-order valence-corrected chi connectivity index (χ2v) is 10.4. The molecule has 0 radical (unpaired) electrons. The molecule has 0 bridgehead atoms. The van der Waals surface area contributed by atoms with Crippen molar-refractivity contribution in [1.82, 2.24) is 10.0 Å². The van der Waals surface area contributed by atoms with Crippen molar-refractivity contribution in [2.24, 2.45) is 4.99 Å². The molecule has 2 rings (SSSR count). The molecule has 0 spiro atoms. The van der Waals surface area contributed by atoms with Gasteiger partial charge in [-0.15, -0.1) is 11.3 Å². The van der Waals surface area contributed by atoms with Crippen molar-refractivity contribution in [3.05, 3.63) is 45.2 Å². The van der Waals surface area contributed by atoms with Crippen LogP contribution in [-0.2, 0) is 22.9 Å². The Balaban J connectivity index is 2.57. The van der Waals surface area contributed by atoms with Crippen LogP contribution >= 0.6 is 11.3 Å². The Kier molecular flexibility index (Phi) is 7.96. The maximum atomic E-state index is 13.3. The van der Waals surface area contributed by atoms with Crippen molar-refractivity contribution in [2.75, 3.05) is 13.7 Å². The normalized spacial score (nSPS) is 13.5. The molecule has 0 atom stereocenters. The standard InChI is InChI=1S/C22H30F3N3O3S/c1-20(2,3)17-13-28(10-11-30-7)19(32-17)26-18(29)15-12-14(22(23,24)25)8-9-16(15)31-27-21(4,5)6/h8-9,12-13,27H,10-11H2,1-7H3/b26-19-. The van der Waals surface area contributed by atoms with Gasteiger partial charge in [0.2, 0.25) is 0 Å². The minimum absolute atomic E-state index is 0.0299. The van der Waals surface area contributed by atoms with Gasteiger partial charge < -0.3 is 14.1 Å². The zero-order chi connectivity index (χ0) is 24.3. The summed E-state index contributed by atoms with van der Waals surface area (Å²) in [6.45, 7) is 12.4. The molecule has 1 N–H and O–H groups in total. The van der Waals surface area contributed by atoms with E-state index in [2.05, 4.69) is 10.5 Å². The number of amides is 1. The first-order valence-corrected chi connectivity index (χ1v) is 10.9. The van der Waals surface area contributed by atoms with Gasteiger partial charge in [-0.2, -0.15) is 23.6 Å². The van der Waals surface area contributed by atoms with Gasteiger partial charge in [0.25, 0.3) is 5.91 Å². The van der Waals surface area contributed by atoms with E-state index in [1.165, 1.54) is 11.3 Å². The Morgan fingerprint density at radius 2 is 1.81 bits per heavy atom. The number of halogens is 3. The number of nitrogens with zero attached hydrogens (tertiary/aromatic N) is 2. The summed E-state index contributed by atoms with van der Waals surface area (Å²) in [4.78, 5) is 24.0. The molecule has 1 amide bonds. The lowest BCUT2D eigenvalue weighted by Gasteiger charge is -2.21. The number of nitrogens with one attached hydrogen (secondary N) is 1. The van der Waals surface area contributed by atoms with Gasteiger partial charge in [-0.25, -0.2) is 0 Å². The Bertz CT molecular complexity index is 1010. The first kappa shape index (κ1) is 26.1. The third-order valence-electron chi connectivity index (χ3n) is 4.20. The highest BCUT2D eigenvalue weighted by molar-refractivity contribution is 7.09. The van der Waals surface area contributed by atoms with E-state index in [1.807, 2.05) is 47.7 Å². The van der Waals surface area contributed by atoms with Crippen LogP contribution in [0.1, 0.15) is 62.3 Å². The van der Waals surface area contributed by atoms with Gasteiger partial charge in [0, 0.05) is 30.3 Å². The second-order valence-electron chi connectivity index (χ2n) is 9.39. The molecule has 1 heterocycles. The molecule has 0 aliphatic carbocycles. The molecule has 32 heavy (non-hydrogen) atoms. The first-order valence-electron chi connectivity index (χ1n) is 10.1. The summed E-state index contributed by atoms with van der Waals surface area (Å²) in [7, 11) is 1.56. The first-order chi connectivity index (χ1) is 14.6. The molecule has 1 aromatic heterocycles. The van der Waals surface area contributed by atoms with Crippen molar-refractivity contribution < 1.29 is 27.5 Å². The number of hydrogen-bond donors (Lipinski definition) is 1. The van der Waals surface area contributed by atoms with Gasteiger partial charge in [-0.1, -0.05) is 20.8 Å². The molecule has 0 unspecified atom stereocenters. The van der Waals surface area contributed by atoms with Crippen molar-refractivity contribution in [3.63, 3.8) is 0 Å². The van der Waals surface area contributed by atoms with Gasteiger partial charge in [-0.3, -0.25) is 4.79 Å².